The van der Waals surface area contributed by atoms with Crippen LogP contribution in [-0.4, -0.2) is 43.7 Å². The molecule has 1 heterocycles. The molecular weight excluding hydrogens is 306 g/mol. The maximum Gasteiger partial charge on any atom is 0.191 e. The molecule has 0 bridgehead atoms. The van der Waals surface area contributed by atoms with Crippen LogP contribution >= 0.6 is 11.8 Å². The summed E-state index contributed by atoms with van der Waals surface area (Å²) in [5, 5.41) is 6.87. The normalized spacial score (nSPS) is 21.3. The fraction of sp³-hybridized carbons (Fsp3) is 0.611. The smallest absolute Gasteiger partial charge is 0.191 e. The number of methoxy groups -OCH3 is 1. The van der Waals surface area contributed by atoms with Crippen molar-refractivity contribution in [2.75, 3.05) is 33.0 Å². The number of aliphatic imine (C=N–C) groups is 1. The molecule has 0 spiro atoms. The van der Waals surface area contributed by atoms with Crippen molar-refractivity contribution in [3.05, 3.63) is 29.8 Å². The zero-order valence-electron chi connectivity index (χ0n) is 14.5. The highest BCUT2D eigenvalue weighted by Gasteiger charge is 2.29. The fourth-order valence-electron chi connectivity index (χ4n) is 2.79. The van der Waals surface area contributed by atoms with Crippen LogP contribution in [-0.2, 0) is 6.42 Å². The lowest BCUT2D eigenvalue weighted by Crippen LogP contribution is -2.43. The fourth-order valence-corrected chi connectivity index (χ4v) is 4.04. The van der Waals surface area contributed by atoms with E-state index in [1.54, 1.807) is 7.11 Å². The zero-order chi connectivity index (χ0) is 16.5. The van der Waals surface area contributed by atoms with Crippen molar-refractivity contribution < 1.29 is 4.74 Å². The second kappa shape index (κ2) is 9.06. The molecule has 0 amide bonds. The monoisotopic (exact) mass is 335 g/mol. The van der Waals surface area contributed by atoms with Gasteiger partial charge in [-0.25, -0.2) is 0 Å². The van der Waals surface area contributed by atoms with Gasteiger partial charge in [-0.2, -0.15) is 11.8 Å². The van der Waals surface area contributed by atoms with E-state index >= 15 is 0 Å². The molecule has 1 aromatic rings. The SMILES string of the molecule is CN=C(NCCCc1cccc(OC)c1)NCC1(C)CCCS1. The van der Waals surface area contributed by atoms with Gasteiger partial charge in [0.25, 0.3) is 0 Å². The number of rotatable bonds is 7. The second-order valence-corrected chi connectivity index (χ2v) is 7.89. The third-order valence-corrected chi connectivity index (χ3v) is 5.76. The first kappa shape index (κ1) is 18.0. The van der Waals surface area contributed by atoms with Gasteiger partial charge in [0.05, 0.1) is 7.11 Å². The number of benzene rings is 1. The maximum absolute atomic E-state index is 5.26. The molecule has 4 nitrogen and oxygen atoms in total. The first-order valence-corrected chi connectivity index (χ1v) is 9.35. The predicted octanol–water partition coefficient (Wildman–Crippen LogP) is 3.08. The van der Waals surface area contributed by atoms with Gasteiger partial charge in [-0.15, -0.1) is 0 Å². The van der Waals surface area contributed by atoms with E-state index in [1.165, 1.54) is 24.2 Å². The van der Waals surface area contributed by atoms with Gasteiger partial charge in [0.2, 0.25) is 0 Å². The van der Waals surface area contributed by atoms with Gasteiger partial charge < -0.3 is 15.4 Å². The van der Waals surface area contributed by atoms with E-state index in [0.29, 0.717) is 4.75 Å². The van der Waals surface area contributed by atoms with E-state index in [1.807, 2.05) is 19.2 Å². The van der Waals surface area contributed by atoms with Gasteiger partial charge in [0.1, 0.15) is 5.75 Å². The Balaban J connectivity index is 1.67. The highest BCUT2D eigenvalue weighted by atomic mass is 32.2. The van der Waals surface area contributed by atoms with Crippen LogP contribution in [0, 0.1) is 0 Å². The summed E-state index contributed by atoms with van der Waals surface area (Å²) in [4.78, 5) is 4.32. The molecule has 2 N–H and O–H groups in total. The van der Waals surface area contributed by atoms with Gasteiger partial charge in [-0.1, -0.05) is 12.1 Å². The highest BCUT2D eigenvalue weighted by molar-refractivity contribution is 8.00. The lowest BCUT2D eigenvalue weighted by atomic mass is 10.1. The molecule has 1 aliphatic rings. The van der Waals surface area contributed by atoms with E-state index in [0.717, 1.165) is 37.6 Å². The van der Waals surface area contributed by atoms with Gasteiger partial charge >= 0.3 is 0 Å². The van der Waals surface area contributed by atoms with E-state index in [2.05, 4.69) is 46.4 Å². The number of nitrogens with one attached hydrogen (secondary N) is 2. The number of hydrogen-bond acceptors (Lipinski definition) is 3. The van der Waals surface area contributed by atoms with Crippen LogP contribution < -0.4 is 15.4 Å². The number of nitrogens with zero attached hydrogens (tertiary/aromatic N) is 1. The summed E-state index contributed by atoms with van der Waals surface area (Å²) in [6, 6.07) is 8.27. The Hall–Kier alpha value is -1.36. The van der Waals surface area contributed by atoms with Crippen LogP contribution in [0.3, 0.4) is 0 Å². The average molecular weight is 336 g/mol. The molecule has 1 atom stereocenters. The Morgan fingerprint density at radius 1 is 1.39 bits per heavy atom. The van der Waals surface area contributed by atoms with Crippen molar-refractivity contribution in [3.8, 4) is 5.75 Å². The number of guanidine groups is 1. The molecule has 128 valence electrons. The molecular formula is C18H29N3OS. The standard InChI is InChI=1S/C18H29N3OS/c1-18(10-6-12-23-18)14-21-17(19-2)20-11-5-8-15-7-4-9-16(13-15)22-3/h4,7,9,13H,5-6,8,10-12,14H2,1-3H3,(H2,19,20,21). The number of hydrogen-bond donors (Lipinski definition) is 2. The third kappa shape index (κ3) is 5.98. The maximum atomic E-state index is 5.26. The quantitative estimate of drug-likeness (QED) is 0.457. The van der Waals surface area contributed by atoms with Crippen LogP contribution in [0.1, 0.15) is 31.7 Å². The molecule has 1 aliphatic heterocycles. The molecule has 1 saturated heterocycles. The molecule has 0 aromatic heterocycles. The average Bonchev–Trinajstić information content (AvgIpc) is 3.01. The van der Waals surface area contributed by atoms with Gasteiger partial charge in [-0.3, -0.25) is 4.99 Å². The minimum Gasteiger partial charge on any atom is -0.497 e. The highest BCUT2D eigenvalue weighted by Crippen LogP contribution is 2.36. The minimum absolute atomic E-state index is 0.359. The molecule has 0 saturated carbocycles. The van der Waals surface area contributed by atoms with Gasteiger partial charge in [-0.05, 0) is 56.1 Å². The molecule has 2 rings (SSSR count). The summed E-state index contributed by atoms with van der Waals surface area (Å²) in [5.41, 5.74) is 1.31. The first-order chi connectivity index (χ1) is 11.1. The molecule has 0 radical (unpaired) electrons. The van der Waals surface area contributed by atoms with Crippen molar-refractivity contribution in [2.24, 2.45) is 4.99 Å². The van der Waals surface area contributed by atoms with Crippen molar-refractivity contribution >= 4 is 17.7 Å². The number of aryl methyl sites for hydroxylation is 1. The van der Waals surface area contributed by atoms with Crippen molar-refractivity contribution in [1.29, 1.82) is 0 Å². The van der Waals surface area contributed by atoms with Gasteiger partial charge in [0.15, 0.2) is 5.96 Å². The van der Waals surface area contributed by atoms with Crippen LogP contribution in [0.2, 0.25) is 0 Å². The second-order valence-electron chi connectivity index (χ2n) is 6.21. The van der Waals surface area contributed by atoms with E-state index in [4.69, 9.17) is 4.74 Å². The van der Waals surface area contributed by atoms with Crippen LogP contribution in [0.4, 0.5) is 0 Å². The predicted molar refractivity (Wildman–Crippen MR) is 101 cm³/mol. The summed E-state index contributed by atoms with van der Waals surface area (Å²) in [6.07, 6.45) is 4.72. The Labute approximate surface area is 144 Å². The van der Waals surface area contributed by atoms with Crippen LogP contribution in [0.25, 0.3) is 0 Å². The molecule has 23 heavy (non-hydrogen) atoms. The summed E-state index contributed by atoms with van der Waals surface area (Å²) >= 11 is 2.07. The molecule has 5 heteroatoms. The first-order valence-electron chi connectivity index (χ1n) is 8.37. The van der Waals surface area contributed by atoms with E-state index in [9.17, 15) is 0 Å². The summed E-state index contributed by atoms with van der Waals surface area (Å²) in [5.74, 6) is 3.12. The lowest BCUT2D eigenvalue weighted by Gasteiger charge is -2.24. The topological polar surface area (TPSA) is 45.7 Å². The minimum atomic E-state index is 0.359. The molecule has 0 aliphatic carbocycles. The van der Waals surface area contributed by atoms with Crippen molar-refractivity contribution in [3.63, 3.8) is 0 Å². The summed E-state index contributed by atoms with van der Waals surface area (Å²) in [7, 11) is 3.54. The summed E-state index contributed by atoms with van der Waals surface area (Å²) < 4.78 is 5.62. The van der Waals surface area contributed by atoms with Crippen LogP contribution in [0.15, 0.2) is 29.3 Å². The largest absolute Gasteiger partial charge is 0.497 e. The number of ether oxygens (including phenoxy) is 1. The van der Waals surface area contributed by atoms with Crippen molar-refractivity contribution in [1.82, 2.24) is 10.6 Å². The Morgan fingerprint density at radius 2 is 2.26 bits per heavy atom. The molecule has 1 fully saturated rings. The van der Waals surface area contributed by atoms with Crippen LogP contribution in [0.5, 0.6) is 5.75 Å². The Kier molecular flexibility index (Phi) is 7.09. The zero-order valence-corrected chi connectivity index (χ0v) is 15.3. The van der Waals surface area contributed by atoms with Crippen molar-refractivity contribution in [2.45, 2.75) is 37.4 Å². The Morgan fingerprint density at radius 3 is 2.96 bits per heavy atom. The van der Waals surface area contributed by atoms with E-state index in [-0.39, 0.29) is 0 Å². The molecule has 1 aromatic carbocycles. The lowest BCUT2D eigenvalue weighted by molar-refractivity contribution is 0.414. The Bertz CT molecular complexity index is 513. The van der Waals surface area contributed by atoms with Gasteiger partial charge in [0, 0.05) is 24.9 Å². The summed E-state index contributed by atoms with van der Waals surface area (Å²) in [6.45, 7) is 4.24. The number of thioether (sulfide) groups is 1. The molecule has 1 unspecified atom stereocenters. The third-order valence-electron chi connectivity index (χ3n) is 4.22. The van der Waals surface area contributed by atoms with E-state index < -0.39 is 0 Å².